The van der Waals surface area contributed by atoms with Gasteiger partial charge in [0, 0.05) is 21.1 Å². The molecular formula is C21H12Cl2N2O2S. The summed E-state index contributed by atoms with van der Waals surface area (Å²) in [6, 6.07) is 18.1. The van der Waals surface area contributed by atoms with Crippen LogP contribution in [0.5, 0.6) is 0 Å². The second-order valence-electron chi connectivity index (χ2n) is 5.80. The van der Waals surface area contributed by atoms with Crippen LogP contribution in [-0.4, -0.2) is 16.9 Å². The number of aliphatic imine (C=N–C) groups is 1. The molecule has 0 spiro atoms. The van der Waals surface area contributed by atoms with Crippen LogP contribution < -0.4 is 0 Å². The van der Waals surface area contributed by atoms with Crippen molar-refractivity contribution in [3.8, 4) is 0 Å². The molecule has 1 aromatic heterocycles. The van der Waals surface area contributed by atoms with E-state index in [2.05, 4.69) is 9.98 Å². The molecule has 2 aromatic carbocycles. The summed E-state index contributed by atoms with van der Waals surface area (Å²) >= 11 is 13.3. The quantitative estimate of drug-likeness (QED) is 0.385. The number of carbonyl (C=O) groups excluding carboxylic acids is 1. The molecule has 0 unspecified atom stereocenters. The number of rotatable bonds is 4. The highest BCUT2D eigenvalue weighted by Gasteiger charge is 2.26. The first kappa shape index (κ1) is 18.7. The Morgan fingerprint density at radius 1 is 0.929 bits per heavy atom. The lowest BCUT2D eigenvalue weighted by molar-refractivity contribution is -0.129. The molecular weight excluding hydrogens is 415 g/mol. The van der Waals surface area contributed by atoms with Crippen LogP contribution in [0.2, 0.25) is 10.0 Å². The molecule has 4 nitrogen and oxygen atoms in total. The van der Waals surface area contributed by atoms with E-state index in [0.717, 1.165) is 10.5 Å². The summed E-state index contributed by atoms with van der Waals surface area (Å²) in [6.45, 7) is 0. The number of aromatic nitrogens is 1. The molecule has 2 heterocycles. The Hall–Kier alpha value is -2.60. The number of nitrogens with zero attached hydrogens (tertiary/aromatic N) is 2. The number of esters is 1. The van der Waals surface area contributed by atoms with Gasteiger partial charge in [-0.15, -0.1) is 0 Å². The summed E-state index contributed by atoms with van der Waals surface area (Å²) in [5.41, 5.74) is 1.68. The molecule has 0 saturated carbocycles. The summed E-state index contributed by atoms with van der Waals surface area (Å²) in [7, 11) is 0. The normalized spacial score (nSPS) is 14.9. The molecule has 0 bridgehead atoms. The monoisotopic (exact) mass is 426 g/mol. The molecule has 0 radical (unpaired) electrons. The Balaban J connectivity index is 1.65. The Labute approximate surface area is 175 Å². The number of hydrogen-bond donors (Lipinski definition) is 0. The molecule has 28 heavy (non-hydrogen) atoms. The number of pyridine rings is 1. The third-order valence-electron chi connectivity index (χ3n) is 3.82. The summed E-state index contributed by atoms with van der Waals surface area (Å²) in [5, 5.41) is 1.97. The first-order chi connectivity index (χ1) is 13.6. The van der Waals surface area contributed by atoms with Crippen molar-refractivity contribution in [1.82, 2.24) is 4.98 Å². The number of cyclic esters (lactones) is 1. The average Bonchev–Trinajstić information content (AvgIpc) is 3.06. The van der Waals surface area contributed by atoms with E-state index in [9.17, 15) is 4.79 Å². The van der Waals surface area contributed by atoms with Gasteiger partial charge in [0.15, 0.2) is 5.70 Å². The number of halogens is 2. The minimum atomic E-state index is -0.503. The van der Waals surface area contributed by atoms with Crippen LogP contribution >= 0.6 is 35.0 Å². The second-order valence-corrected chi connectivity index (χ2v) is 7.73. The lowest BCUT2D eigenvalue weighted by Gasteiger charge is -2.06. The third kappa shape index (κ3) is 4.28. The van der Waals surface area contributed by atoms with E-state index in [-0.39, 0.29) is 11.6 Å². The third-order valence-corrected chi connectivity index (χ3v) is 5.35. The smallest absolute Gasteiger partial charge is 0.363 e. The van der Waals surface area contributed by atoms with Gasteiger partial charge in [-0.25, -0.2) is 14.8 Å². The lowest BCUT2D eigenvalue weighted by atomic mass is 10.2. The molecule has 3 aromatic rings. The van der Waals surface area contributed by atoms with Crippen molar-refractivity contribution < 1.29 is 9.53 Å². The predicted octanol–water partition coefficient (Wildman–Crippen LogP) is 5.88. The zero-order chi connectivity index (χ0) is 19.5. The van der Waals surface area contributed by atoms with Gasteiger partial charge in [0.1, 0.15) is 5.03 Å². The summed E-state index contributed by atoms with van der Waals surface area (Å²) < 4.78 is 5.40. The molecule has 4 rings (SSSR count). The zero-order valence-corrected chi connectivity index (χ0v) is 16.6. The molecule has 138 valence electrons. The first-order valence-corrected chi connectivity index (χ1v) is 9.83. The Morgan fingerprint density at radius 3 is 2.32 bits per heavy atom. The fraction of sp³-hybridized carbons (Fsp3) is 0. The first-order valence-electron chi connectivity index (χ1n) is 8.25. The van der Waals surface area contributed by atoms with Gasteiger partial charge in [-0.2, -0.15) is 0 Å². The van der Waals surface area contributed by atoms with Crippen molar-refractivity contribution in [2.75, 3.05) is 0 Å². The van der Waals surface area contributed by atoms with Crippen molar-refractivity contribution in [3.05, 3.63) is 93.7 Å². The van der Waals surface area contributed by atoms with Crippen LogP contribution in [0, 0.1) is 0 Å². The van der Waals surface area contributed by atoms with Crippen molar-refractivity contribution in [2.45, 2.75) is 9.92 Å². The van der Waals surface area contributed by atoms with Gasteiger partial charge in [0.05, 0.1) is 5.56 Å². The fourth-order valence-electron chi connectivity index (χ4n) is 2.49. The Morgan fingerprint density at radius 2 is 1.61 bits per heavy atom. The zero-order valence-electron chi connectivity index (χ0n) is 14.3. The SMILES string of the molecule is O=C1OC(c2cccnc2Sc2ccc(Cl)cc2)=N/C1=C\c1ccc(Cl)cc1. The lowest BCUT2D eigenvalue weighted by Crippen LogP contribution is -2.07. The van der Waals surface area contributed by atoms with Crippen LogP contribution in [0.25, 0.3) is 6.08 Å². The van der Waals surface area contributed by atoms with Gasteiger partial charge in [-0.1, -0.05) is 47.1 Å². The van der Waals surface area contributed by atoms with Crippen molar-refractivity contribution in [2.24, 2.45) is 4.99 Å². The standard InChI is InChI=1S/C21H12Cl2N2O2S/c22-14-5-3-13(4-6-14)12-18-21(26)27-19(25-18)17-2-1-11-24-20(17)28-16-9-7-15(23)8-10-16/h1-12H/b18-12-. The van der Waals surface area contributed by atoms with Gasteiger partial charge >= 0.3 is 5.97 Å². The minimum Gasteiger partial charge on any atom is -0.402 e. The van der Waals surface area contributed by atoms with Crippen molar-refractivity contribution in [3.63, 3.8) is 0 Å². The average molecular weight is 427 g/mol. The number of carbonyl (C=O) groups is 1. The van der Waals surface area contributed by atoms with Crippen LogP contribution in [0.3, 0.4) is 0 Å². The van der Waals surface area contributed by atoms with E-state index in [4.69, 9.17) is 27.9 Å². The minimum absolute atomic E-state index is 0.226. The van der Waals surface area contributed by atoms with E-state index in [1.54, 1.807) is 30.5 Å². The molecule has 1 aliphatic rings. The Bertz CT molecular complexity index is 1090. The maximum atomic E-state index is 12.3. The van der Waals surface area contributed by atoms with Gasteiger partial charge < -0.3 is 4.74 Å². The van der Waals surface area contributed by atoms with Gasteiger partial charge in [-0.3, -0.25) is 0 Å². The van der Waals surface area contributed by atoms with Crippen molar-refractivity contribution >= 4 is 52.9 Å². The molecule has 0 amide bonds. The van der Waals surface area contributed by atoms with Crippen LogP contribution in [-0.2, 0) is 9.53 Å². The number of ether oxygens (including phenoxy) is 1. The van der Waals surface area contributed by atoms with Crippen LogP contribution in [0.4, 0.5) is 0 Å². The second kappa shape index (κ2) is 8.19. The highest BCUT2D eigenvalue weighted by Crippen LogP contribution is 2.31. The van der Waals surface area contributed by atoms with E-state index >= 15 is 0 Å². The van der Waals surface area contributed by atoms with Crippen molar-refractivity contribution in [1.29, 1.82) is 0 Å². The Kier molecular flexibility index (Phi) is 5.48. The summed E-state index contributed by atoms with van der Waals surface area (Å²) in [6.07, 6.45) is 3.34. The maximum absolute atomic E-state index is 12.3. The molecule has 0 fully saturated rings. The topological polar surface area (TPSA) is 51.5 Å². The van der Waals surface area contributed by atoms with Crippen LogP contribution in [0.1, 0.15) is 11.1 Å². The summed E-state index contributed by atoms with van der Waals surface area (Å²) in [4.78, 5) is 22.0. The van der Waals surface area contributed by atoms with Gasteiger partial charge in [-0.05, 0) is 60.2 Å². The van der Waals surface area contributed by atoms with E-state index in [0.29, 0.717) is 20.6 Å². The highest BCUT2D eigenvalue weighted by atomic mass is 35.5. The largest absolute Gasteiger partial charge is 0.402 e. The van der Waals surface area contributed by atoms with Gasteiger partial charge in [0.2, 0.25) is 5.90 Å². The van der Waals surface area contributed by atoms with E-state index < -0.39 is 5.97 Å². The fourth-order valence-corrected chi connectivity index (χ4v) is 3.62. The van der Waals surface area contributed by atoms with E-state index in [1.165, 1.54) is 11.8 Å². The molecule has 0 atom stereocenters. The molecule has 0 N–H and O–H groups in total. The van der Waals surface area contributed by atoms with Crippen LogP contribution in [0.15, 0.2) is 87.5 Å². The molecule has 0 saturated heterocycles. The predicted molar refractivity (Wildman–Crippen MR) is 112 cm³/mol. The summed E-state index contributed by atoms with van der Waals surface area (Å²) in [5.74, 6) is -0.272. The molecule has 7 heteroatoms. The van der Waals surface area contributed by atoms with Gasteiger partial charge in [0.25, 0.3) is 0 Å². The number of hydrogen-bond acceptors (Lipinski definition) is 5. The maximum Gasteiger partial charge on any atom is 0.363 e. The number of benzene rings is 2. The van der Waals surface area contributed by atoms with E-state index in [1.807, 2.05) is 42.5 Å². The molecule has 0 aliphatic carbocycles. The highest BCUT2D eigenvalue weighted by molar-refractivity contribution is 7.99. The molecule has 1 aliphatic heterocycles.